The number of hydrogen-bond donors (Lipinski definition) is 0. The molecule has 9 heteroatoms. The lowest BCUT2D eigenvalue weighted by Crippen LogP contribution is -2.36. The number of nitrogens with zero attached hydrogens (tertiary/aromatic N) is 4. The Labute approximate surface area is 157 Å². The highest BCUT2D eigenvalue weighted by Gasteiger charge is 2.31. The molecule has 8 nitrogen and oxygen atoms in total. The molecule has 1 fully saturated rings. The lowest BCUT2D eigenvalue weighted by Gasteiger charge is -2.25. The van der Waals surface area contributed by atoms with Gasteiger partial charge in [-0.3, -0.25) is 4.68 Å². The fourth-order valence-electron chi connectivity index (χ4n) is 3.52. The Morgan fingerprint density at radius 2 is 1.93 bits per heavy atom. The van der Waals surface area contributed by atoms with Gasteiger partial charge in [-0.15, -0.1) is 0 Å². The molecule has 1 saturated heterocycles. The minimum Gasteiger partial charge on any atom is -0.461 e. The molecule has 0 atom stereocenters. The van der Waals surface area contributed by atoms with E-state index in [2.05, 4.69) is 10.3 Å². The van der Waals surface area contributed by atoms with Gasteiger partial charge < -0.3 is 8.94 Å². The quantitative estimate of drug-likeness (QED) is 0.665. The largest absolute Gasteiger partial charge is 0.461 e. The molecule has 0 bridgehead atoms. The van der Waals surface area contributed by atoms with Crippen LogP contribution in [0.2, 0.25) is 0 Å². The zero-order valence-electron chi connectivity index (χ0n) is 15.4. The Kier molecular flexibility index (Phi) is 4.65. The van der Waals surface area contributed by atoms with Crippen molar-refractivity contribution in [3.63, 3.8) is 0 Å². The second-order valence-corrected chi connectivity index (χ2v) is 8.66. The minimum atomic E-state index is -3.53. The first-order valence-electron chi connectivity index (χ1n) is 9.00. The fourth-order valence-corrected chi connectivity index (χ4v) is 5.41. The molecule has 0 amide bonds. The van der Waals surface area contributed by atoms with Gasteiger partial charge in [0.05, 0.1) is 24.2 Å². The molecule has 0 spiro atoms. The maximum atomic E-state index is 13.1. The first-order valence-corrected chi connectivity index (χ1v) is 10.4. The number of sulfonamides is 1. The molecule has 0 unspecified atom stereocenters. The van der Waals surface area contributed by atoms with Gasteiger partial charge >= 0.3 is 0 Å². The van der Waals surface area contributed by atoms with Crippen LogP contribution < -0.4 is 0 Å². The molecule has 0 aliphatic carbocycles. The van der Waals surface area contributed by atoms with Crippen LogP contribution in [0.4, 0.5) is 0 Å². The highest BCUT2D eigenvalue weighted by atomic mass is 32.2. The lowest BCUT2D eigenvalue weighted by atomic mass is 10.2. The van der Waals surface area contributed by atoms with Crippen molar-refractivity contribution >= 4 is 10.0 Å². The van der Waals surface area contributed by atoms with E-state index in [4.69, 9.17) is 8.94 Å². The van der Waals surface area contributed by atoms with Gasteiger partial charge in [0.2, 0.25) is 15.8 Å². The van der Waals surface area contributed by atoms with Gasteiger partial charge in [0.1, 0.15) is 10.6 Å². The molecule has 144 valence electrons. The Hall–Kier alpha value is -2.39. The molecule has 0 aromatic carbocycles. The van der Waals surface area contributed by atoms with Crippen molar-refractivity contribution in [3.05, 3.63) is 41.5 Å². The number of furan rings is 1. The average Bonchev–Trinajstić information content (AvgIpc) is 3.37. The van der Waals surface area contributed by atoms with Crippen LogP contribution in [-0.4, -0.2) is 40.7 Å². The second-order valence-electron chi connectivity index (χ2n) is 6.78. The Balaban J connectivity index is 1.61. The van der Waals surface area contributed by atoms with E-state index in [0.29, 0.717) is 53.1 Å². The third-order valence-electron chi connectivity index (χ3n) is 4.86. The van der Waals surface area contributed by atoms with E-state index in [1.807, 2.05) is 0 Å². The Morgan fingerprint density at radius 1 is 1.15 bits per heavy atom. The molecule has 27 heavy (non-hydrogen) atoms. The number of aryl methyl sites for hydroxylation is 1. The number of piperidine rings is 1. The summed E-state index contributed by atoms with van der Waals surface area (Å²) in [4.78, 5) is 0.305. The van der Waals surface area contributed by atoms with Gasteiger partial charge in [0.25, 0.3) is 0 Å². The normalized spacial score (nSPS) is 16.1. The van der Waals surface area contributed by atoms with Crippen molar-refractivity contribution in [1.29, 1.82) is 0 Å². The predicted molar refractivity (Wildman–Crippen MR) is 97.6 cm³/mol. The first kappa shape index (κ1) is 18.0. The van der Waals surface area contributed by atoms with E-state index < -0.39 is 10.0 Å². The molecule has 0 saturated carbocycles. The molecule has 4 rings (SSSR count). The summed E-state index contributed by atoms with van der Waals surface area (Å²) in [5.41, 5.74) is 1.77. The van der Waals surface area contributed by atoms with Crippen LogP contribution in [0.5, 0.6) is 0 Å². The zero-order valence-corrected chi connectivity index (χ0v) is 16.2. The number of aromatic nitrogens is 3. The molecule has 3 aromatic rings. The fraction of sp³-hybridized carbons (Fsp3) is 0.444. The van der Waals surface area contributed by atoms with E-state index in [9.17, 15) is 8.42 Å². The van der Waals surface area contributed by atoms with Gasteiger partial charge in [-0.2, -0.15) is 9.40 Å². The molecule has 3 aromatic heterocycles. The summed E-state index contributed by atoms with van der Waals surface area (Å²) >= 11 is 0. The van der Waals surface area contributed by atoms with Crippen LogP contribution in [0.1, 0.15) is 36.3 Å². The van der Waals surface area contributed by atoms with Crippen LogP contribution in [0.25, 0.3) is 11.5 Å². The standard InChI is InChI=1S/C18H22N4O4S/c1-13-18(27(23,24)21-8-4-3-5-9-21)14(2)22(19-13)12-15-11-17(26-20-15)16-7-6-10-25-16/h6-7,10-11H,3-5,8-9,12H2,1-2H3. The molecule has 0 N–H and O–H groups in total. The molecule has 1 aliphatic rings. The van der Waals surface area contributed by atoms with Crippen LogP contribution in [0.15, 0.2) is 38.3 Å². The van der Waals surface area contributed by atoms with Gasteiger partial charge in [0.15, 0.2) is 5.76 Å². The lowest BCUT2D eigenvalue weighted by molar-refractivity contribution is 0.346. The van der Waals surface area contributed by atoms with E-state index >= 15 is 0 Å². The summed E-state index contributed by atoms with van der Waals surface area (Å²) < 4.78 is 40.0. The summed E-state index contributed by atoms with van der Waals surface area (Å²) in [5.74, 6) is 1.12. The van der Waals surface area contributed by atoms with Crippen LogP contribution in [0.3, 0.4) is 0 Å². The highest BCUT2D eigenvalue weighted by Crippen LogP contribution is 2.27. The average molecular weight is 390 g/mol. The van der Waals surface area contributed by atoms with Crippen molar-refractivity contribution in [2.24, 2.45) is 0 Å². The Bertz CT molecular complexity index is 1030. The van der Waals surface area contributed by atoms with E-state index in [1.165, 1.54) is 0 Å². The van der Waals surface area contributed by atoms with Crippen molar-refractivity contribution in [2.75, 3.05) is 13.1 Å². The van der Waals surface area contributed by atoms with Crippen LogP contribution >= 0.6 is 0 Å². The van der Waals surface area contributed by atoms with E-state index in [1.54, 1.807) is 47.3 Å². The van der Waals surface area contributed by atoms with Gasteiger partial charge in [-0.05, 0) is 38.8 Å². The van der Waals surface area contributed by atoms with Gasteiger partial charge in [-0.1, -0.05) is 11.6 Å². The molecular formula is C18H22N4O4S. The maximum absolute atomic E-state index is 13.1. The van der Waals surface area contributed by atoms with E-state index in [0.717, 1.165) is 19.3 Å². The predicted octanol–water partition coefficient (Wildman–Crippen LogP) is 2.97. The van der Waals surface area contributed by atoms with Crippen molar-refractivity contribution in [3.8, 4) is 11.5 Å². The topological polar surface area (TPSA) is 94.4 Å². The van der Waals surface area contributed by atoms with Crippen LogP contribution in [0, 0.1) is 13.8 Å². The summed E-state index contributed by atoms with van der Waals surface area (Å²) in [6.07, 6.45) is 4.45. The maximum Gasteiger partial charge on any atom is 0.246 e. The molecule has 1 aliphatic heterocycles. The van der Waals surface area contributed by atoms with Gasteiger partial charge in [0, 0.05) is 19.2 Å². The van der Waals surface area contributed by atoms with Crippen LogP contribution in [-0.2, 0) is 16.6 Å². The number of hydrogen-bond acceptors (Lipinski definition) is 6. The van der Waals surface area contributed by atoms with Gasteiger partial charge in [-0.25, -0.2) is 8.42 Å². The first-order chi connectivity index (χ1) is 13.0. The van der Waals surface area contributed by atoms with Crippen molar-refractivity contribution in [1.82, 2.24) is 19.2 Å². The SMILES string of the molecule is Cc1nn(Cc2cc(-c3ccco3)on2)c(C)c1S(=O)(=O)N1CCCCC1. The van der Waals surface area contributed by atoms with Crippen molar-refractivity contribution < 1.29 is 17.4 Å². The summed E-state index contributed by atoms with van der Waals surface area (Å²) in [7, 11) is -3.53. The Morgan fingerprint density at radius 3 is 2.63 bits per heavy atom. The molecule has 0 radical (unpaired) electrons. The summed E-state index contributed by atoms with van der Waals surface area (Å²) in [5, 5.41) is 8.49. The second kappa shape index (κ2) is 6.97. The monoisotopic (exact) mass is 390 g/mol. The third kappa shape index (κ3) is 3.32. The minimum absolute atomic E-state index is 0.305. The summed E-state index contributed by atoms with van der Waals surface area (Å²) in [6, 6.07) is 5.33. The molecular weight excluding hydrogens is 368 g/mol. The van der Waals surface area contributed by atoms with E-state index in [-0.39, 0.29) is 0 Å². The zero-order chi connectivity index (χ0) is 19.0. The van der Waals surface area contributed by atoms with Crippen molar-refractivity contribution in [2.45, 2.75) is 44.6 Å². The number of rotatable bonds is 5. The third-order valence-corrected chi connectivity index (χ3v) is 7.01. The summed E-state index contributed by atoms with van der Waals surface area (Å²) in [6.45, 7) is 4.98. The smallest absolute Gasteiger partial charge is 0.246 e. The molecule has 4 heterocycles. The highest BCUT2D eigenvalue weighted by molar-refractivity contribution is 7.89.